The summed E-state index contributed by atoms with van der Waals surface area (Å²) in [5.41, 5.74) is 5.32. The van der Waals surface area contributed by atoms with Crippen molar-refractivity contribution in [1.82, 2.24) is 10.2 Å². The molecule has 6 heteroatoms. The molecule has 0 unspecified atom stereocenters. The Labute approximate surface area is 80.9 Å². The number of imide groups is 1. The number of likely N-dealkylation sites (tertiary alicyclic amines) is 1. The molecule has 2 aliphatic heterocycles. The summed E-state index contributed by atoms with van der Waals surface area (Å²) in [7, 11) is 0. The maximum absolute atomic E-state index is 11.3. The van der Waals surface area contributed by atoms with Gasteiger partial charge in [0, 0.05) is 13.1 Å². The van der Waals surface area contributed by atoms with Crippen LogP contribution >= 0.6 is 0 Å². The maximum Gasteiger partial charge on any atom is 0.232 e. The lowest BCUT2D eigenvalue weighted by Gasteiger charge is -2.32. The maximum atomic E-state index is 11.3. The zero-order valence-corrected chi connectivity index (χ0v) is 7.62. The van der Waals surface area contributed by atoms with Crippen LogP contribution in [0.5, 0.6) is 0 Å². The van der Waals surface area contributed by atoms with E-state index in [-0.39, 0.29) is 29.6 Å². The summed E-state index contributed by atoms with van der Waals surface area (Å²) in [6, 6.07) is 0. The molecular formula is C8H12N4O2. The van der Waals surface area contributed by atoms with Crippen LogP contribution in [0.3, 0.4) is 0 Å². The molecule has 0 spiro atoms. The number of carbonyl (C=O) groups is 2. The van der Waals surface area contributed by atoms with Crippen LogP contribution in [0, 0.1) is 17.2 Å². The highest BCUT2D eigenvalue weighted by molar-refractivity contribution is 6.05. The second-order valence-electron chi connectivity index (χ2n) is 3.69. The predicted molar refractivity (Wildman–Crippen MR) is 48.2 cm³/mol. The van der Waals surface area contributed by atoms with Crippen molar-refractivity contribution in [2.24, 2.45) is 17.6 Å². The van der Waals surface area contributed by atoms with Crippen molar-refractivity contribution in [2.45, 2.75) is 6.42 Å². The first kappa shape index (κ1) is 8.98. The molecule has 6 nitrogen and oxygen atoms in total. The van der Waals surface area contributed by atoms with Gasteiger partial charge in [0.25, 0.3) is 0 Å². The molecule has 0 radical (unpaired) electrons. The van der Waals surface area contributed by atoms with Crippen LogP contribution < -0.4 is 11.1 Å². The van der Waals surface area contributed by atoms with Crippen molar-refractivity contribution in [1.29, 1.82) is 5.41 Å². The smallest absolute Gasteiger partial charge is 0.232 e. The van der Waals surface area contributed by atoms with Crippen molar-refractivity contribution in [3.05, 3.63) is 0 Å². The Bertz CT molecular complexity index is 314. The Morgan fingerprint density at radius 2 is 2.07 bits per heavy atom. The molecule has 2 heterocycles. The van der Waals surface area contributed by atoms with E-state index in [0.29, 0.717) is 19.5 Å². The summed E-state index contributed by atoms with van der Waals surface area (Å²) in [5.74, 6) is -0.969. The topological polar surface area (TPSA) is 99.3 Å². The molecule has 2 amide bonds. The van der Waals surface area contributed by atoms with Gasteiger partial charge in [-0.3, -0.25) is 20.3 Å². The first-order valence-corrected chi connectivity index (χ1v) is 4.53. The van der Waals surface area contributed by atoms with Gasteiger partial charge in [0.05, 0.1) is 11.8 Å². The number of carbonyl (C=O) groups excluding carboxylic acids is 2. The zero-order valence-electron chi connectivity index (χ0n) is 7.62. The molecule has 2 aliphatic rings. The van der Waals surface area contributed by atoms with Gasteiger partial charge in [0.1, 0.15) is 0 Å². The minimum Gasteiger partial charge on any atom is -0.370 e. The third-order valence-corrected chi connectivity index (χ3v) is 2.87. The van der Waals surface area contributed by atoms with Gasteiger partial charge in [-0.1, -0.05) is 0 Å². The molecule has 0 aromatic rings. The minimum absolute atomic E-state index is 0.0319. The number of nitrogens with zero attached hydrogens (tertiary/aromatic N) is 1. The Balaban J connectivity index is 2.13. The summed E-state index contributed by atoms with van der Waals surface area (Å²) in [5, 5.41) is 9.55. The van der Waals surface area contributed by atoms with Gasteiger partial charge in [-0.25, -0.2) is 0 Å². The molecule has 14 heavy (non-hydrogen) atoms. The summed E-state index contributed by atoms with van der Waals surface area (Å²) in [6.07, 6.45) is 0.599. The molecule has 4 N–H and O–H groups in total. The molecule has 0 aliphatic carbocycles. The molecule has 2 saturated heterocycles. The van der Waals surface area contributed by atoms with Crippen LogP contribution in [0.25, 0.3) is 0 Å². The van der Waals surface area contributed by atoms with Crippen LogP contribution in [0.1, 0.15) is 6.42 Å². The number of amides is 2. The number of rotatable bonds is 0. The highest BCUT2D eigenvalue weighted by Crippen LogP contribution is 2.27. The Hall–Kier alpha value is -1.59. The third kappa shape index (κ3) is 1.23. The fraction of sp³-hybridized carbons (Fsp3) is 0.625. The average molecular weight is 196 g/mol. The highest BCUT2D eigenvalue weighted by Gasteiger charge is 2.44. The first-order chi connectivity index (χ1) is 6.59. The zero-order chi connectivity index (χ0) is 10.3. The SMILES string of the molecule is N=C(N)N1CC[C@@H]2C(=O)NC(=O)[C@@H]2C1. The van der Waals surface area contributed by atoms with Crippen molar-refractivity contribution in [3.8, 4) is 0 Å². The van der Waals surface area contributed by atoms with Crippen LogP contribution in [0.2, 0.25) is 0 Å². The fourth-order valence-electron chi connectivity index (χ4n) is 2.06. The average Bonchev–Trinajstić information content (AvgIpc) is 2.42. The molecule has 0 aromatic heterocycles. The van der Waals surface area contributed by atoms with Gasteiger partial charge >= 0.3 is 0 Å². The Morgan fingerprint density at radius 1 is 1.43 bits per heavy atom. The van der Waals surface area contributed by atoms with Gasteiger partial charge in [-0.15, -0.1) is 0 Å². The van der Waals surface area contributed by atoms with E-state index in [2.05, 4.69) is 5.32 Å². The third-order valence-electron chi connectivity index (χ3n) is 2.87. The van der Waals surface area contributed by atoms with Crippen LogP contribution in [-0.2, 0) is 9.59 Å². The molecule has 2 rings (SSSR count). The summed E-state index contributed by atoms with van der Waals surface area (Å²) in [6.45, 7) is 0.967. The number of nitrogens with two attached hydrogens (primary N) is 1. The van der Waals surface area contributed by atoms with Gasteiger partial charge in [-0.2, -0.15) is 0 Å². The molecule has 0 saturated carbocycles. The van der Waals surface area contributed by atoms with Gasteiger partial charge in [-0.05, 0) is 6.42 Å². The van der Waals surface area contributed by atoms with Crippen molar-refractivity contribution >= 4 is 17.8 Å². The Morgan fingerprint density at radius 3 is 2.71 bits per heavy atom. The molecule has 0 bridgehead atoms. The molecule has 2 fully saturated rings. The van der Waals surface area contributed by atoms with Crippen molar-refractivity contribution < 1.29 is 9.59 Å². The number of hydrogen-bond acceptors (Lipinski definition) is 3. The largest absolute Gasteiger partial charge is 0.370 e. The number of hydrogen-bond donors (Lipinski definition) is 3. The van der Waals surface area contributed by atoms with Crippen LogP contribution in [-0.4, -0.2) is 35.8 Å². The van der Waals surface area contributed by atoms with E-state index in [0.717, 1.165) is 0 Å². The second-order valence-corrected chi connectivity index (χ2v) is 3.69. The molecular weight excluding hydrogens is 184 g/mol. The highest BCUT2D eigenvalue weighted by atomic mass is 16.2. The quantitative estimate of drug-likeness (QED) is 0.249. The second kappa shape index (κ2) is 2.97. The van der Waals surface area contributed by atoms with E-state index in [4.69, 9.17) is 11.1 Å². The van der Waals surface area contributed by atoms with Crippen molar-refractivity contribution in [3.63, 3.8) is 0 Å². The lowest BCUT2D eigenvalue weighted by Crippen LogP contribution is -2.47. The number of fused-ring (bicyclic) bond motifs is 1. The van der Waals surface area contributed by atoms with Gasteiger partial charge in [0.15, 0.2) is 5.96 Å². The summed E-state index contributed by atoms with van der Waals surface area (Å²) < 4.78 is 0. The monoisotopic (exact) mass is 196 g/mol. The number of guanidine groups is 1. The standard InChI is InChI=1S/C8H12N4O2/c9-8(10)12-2-1-4-5(3-12)7(14)11-6(4)13/h4-5H,1-3H2,(H3,9,10)(H,11,13,14)/t4-,5+/m0/s1. The first-order valence-electron chi connectivity index (χ1n) is 4.53. The van der Waals surface area contributed by atoms with E-state index in [9.17, 15) is 9.59 Å². The lowest BCUT2D eigenvalue weighted by atomic mass is 9.88. The minimum atomic E-state index is -0.319. The van der Waals surface area contributed by atoms with E-state index in [1.54, 1.807) is 4.90 Å². The fourth-order valence-corrected chi connectivity index (χ4v) is 2.06. The summed E-state index contributed by atoms with van der Waals surface area (Å²) in [4.78, 5) is 24.2. The van der Waals surface area contributed by atoms with Gasteiger partial charge in [0.2, 0.25) is 11.8 Å². The molecule has 76 valence electrons. The summed E-state index contributed by atoms with van der Waals surface area (Å²) >= 11 is 0. The van der Waals surface area contributed by atoms with E-state index < -0.39 is 0 Å². The van der Waals surface area contributed by atoms with E-state index >= 15 is 0 Å². The Kier molecular flexibility index (Phi) is 1.90. The number of nitrogens with one attached hydrogen (secondary N) is 2. The lowest BCUT2D eigenvalue weighted by molar-refractivity contribution is -0.126. The van der Waals surface area contributed by atoms with Crippen molar-refractivity contribution in [2.75, 3.05) is 13.1 Å². The van der Waals surface area contributed by atoms with Gasteiger partial charge < -0.3 is 10.6 Å². The number of piperidine rings is 1. The normalized spacial score (nSPS) is 31.3. The van der Waals surface area contributed by atoms with E-state index in [1.807, 2.05) is 0 Å². The van der Waals surface area contributed by atoms with E-state index in [1.165, 1.54) is 0 Å². The van der Waals surface area contributed by atoms with Crippen LogP contribution in [0.4, 0.5) is 0 Å². The van der Waals surface area contributed by atoms with Crippen LogP contribution in [0.15, 0.2) is 0 Å². The predicted octanol–water partition coefficient (Wildman–Crippen LogP) is -1.53. The molecule has 2 atom stereocenters. The molecule has 0 aromatic carbocycles.